The Balaban J connectivity index is 2.26. The van der Waals surface area contributed by atoms with E-state index in [1.807, 2.05) is 0 Å². The number of aryl methyl sites for hydroxylation is 2. The van der Waals surface area contributed by atoms with Crippen LogP contribution in [0.1, 0.15) is 50.3 Å². The molecule has 0 fully saturated rings. The normalized spacial score (nSPS) is 17.7. The molecule has 0 N–H and O–H groups in total. The average molecular weight is 238 g/mol. The molecule has 0 aliphatic heterocycles. The first kappa shape index (κ1) is 11.8. The molecule has 0 heteroatoms. The van der Waals surface area contributed by atoms with Gasteiger partial charge in [0.15, 0.2) is 0 Å². The SMILES string of the molecule is CCc1ccc2c3c(ccc2c1)C(C)(C)CCC3. The zero-order chi connectivity index (χ0) is 12.8. The predicted molar refractivity (Wildman–Crippen MR) is 79.3 cm³/mol. The molecule has 0 atom stereocenters. The number of hydrogen-bond acceptors (Lipinski definition) is 0. The van der Waals surface area contributed by atoms with Crippen LogP contribution in [0, 0.1) is 0 Å². The molecule has 0 saturated carbocycles. The van der Waals surface area contributed by atoms with Crippen molar-refractivity contribution in [2.24, 2.45) is 0 Å². The lowest BCUT2D eigenvalue weighted by atomic mass is 9.71. The molecule has 18 heavy (non-hydrogen) atoms. The Kier molecular flexibility index (Phi) is 2.69. The first-order valence-corrected chi connectivity index (χ1v) is 7.17. The Morgan fingerprint density at radius 3 is 2.72 bits per heavy atom. The number of rotatable bonds is 1. The summed E-state index contributed by atoms with van der Waals surface area (Å²) in [6.45, 7) is 7.00. The fourth-order valence-corrected chi connectivity index (χ4v) is 3.41. The van der Waals surface area contributed by atoms with Gasteiger partial charge in [-0.2, -0.15) is 0 Å². The number of hydrogen-bond donors (Lipinski definition) is 0. The van der Waals surface area contributed by atoms with Gasteiger partial charge in [-0.05, 0) is 58.6 Å². The number of fused-ring (bicyclic) bond motifs is 3. The van der Waals surface area contributed by atoms with Crippen LogP contribution in [0.15, 0.2) is 30.3 Å². The summed E-state index contributed by atoms with van der Waals surface area (Å²) in [6, 6.07) is 11.7. The second kappa shape index (κ2) is 4.12. The van der Waals surface area contributed by atoms with Crippen LogP contribution in [0.5, 0.6) is 0 Å². The van der Waals surface area contributed by atoms with Gasteiger partial charge in [0, 0.05) is 0 Å². The van der Waals surface area contributed by atoms with Gasteiger partial charge < -0.3 is 0 Å². The number of benzene rings is 2. The van der Waals surface area contributed by atoms with E-state index in [1.54, 1.807) is 11.1 Å². The van der Waals surface area contributed by atoms with E-state index in [4.69, 9.17) is 0 Å². The Morgan fingerprint density at radius 2 is 1.94 bits per heavy atom. The fourth-order valence-electron chi connectivity index (χ4n) is 3.41. The molecular weight excluding hydrogens is 216 g/mol. The first-order chi connectivity index (χ1) is 8.62. The highest BCUT2D eigenvalue weighted by Gasteiger charge is 2.27. The summed E-state index contributed by atoms with van der Waals surface area (Å²) in [5, 5.41) is 2.91. The lowest BCUT2D eigenvalue weighted by Gasteiger charge is -2.33. The summed E-state index contributed by atoms with van der Waals surface area (Å²) in [7, 11) is 0. The van der Waals surface area contributed by atoms with Crippen molar-refractivity contribution in [3.63, 3.8) is 0 Å². The van der Waals surface area contributed by atoms with Crippen LogP contribution in [0.25, 0.3) is 10.8 Å². The van der Waals surface area contributed by atoms with Gasteiger partial charge >= 0.3 is 0 Å². The summed E-state index contributed by atoms with van der Waals surface area (Å²) in [6.07, 6.45) is 5.02. The molecule has 1 aliphatic carbocycles. The van der Waals surface area contributed by atoms with Crippen molar-refractivity contribution in [3.8, 4) is 0 Å². The van der Waals surface area contributed by atoms with Crippen molar-refractivity contribution in [3.05, 3.63) is 47.0 Å². The summed E-state index contributed by atoms with van der Waals surface area (Å²) in [4.78, 5) is 0. The van der Waals surface area contributed by atoms with Gasteiger partial charge in [0.2, 0.25) is 0 Å². The van der Waals surface area contributed by atoms with Gasteiger partial charge in [0.05, 0.1) is 0 Å². The van der Waals surface area contributed by atoms with Gasteiger partial charge in [-0.25, -0.2) is 0 Å². The molecule has 0 bridgehead atoms. The molecule has 2 aromatic rings. The Hall–Kier alpha value is -1.30. The molecule has 1 aliphatic rings. The molecule has 3 rings (SSSR count). The molecule has 0 saturated heterocycles. The topological polar surface area (TPSA) is 0 Å². The molecule has 94 valence electrons. The third-order valence-electron chi connectivity index (χ3n) is 4.56. The van der Waals surface area contributed by atoms with E-state index in [0.29, 0.717) is 5.41 Å². The van der Waals surface area contributed by atoms with E-state index < -0.39 is 0 Å². The fraction of sp³-hybridized carbons (Fsp3) is 0.444. The summed E-state index contributed by atoms with van der Waals surface area (Å²) in [5.74, 6) is 0. The minimum absolute atomic E-state index is 0.352. The molecule has 0 heterocycles. The van der Waals surface area contributed by atoms with Crippen LogP contribution in [0.4, 0.5) is 0 Å². The van der Waals surface area contributed by atoms with E-state index >= 15 is 0 Å². The minimum atomic E-state index is 0.352. The third-order valence-corrected chi connectivity index (χ3v) is 4.56. The maximum absolute atomic E-state index is 2.39. The highest BCUT2D eigenvalue weighted by atomic mass is 14.3. The van der Waals surface area contributed by atoms with Gasteiger partial charge in [-0.1, -0.05) is 51.1 Å². The van der Waals surface area contributed by atoms with E-state index in [2.05, 4.69) is 51.1 Å². The zero-order valence-corrected chi connectivity index (χ0v) is 11.7. The van der Waals surface area contributed by atoms with Crippen molar-refractivity contribution >= 4 is 10.8 Å². The Morgan fingerprint density at radius 1 is 1.11 bits per heavy atom. The Bertz CT molecular complexity index is 590. The molecule has 0 unspecified atom stereocenters. The molecule has 2 aromatic carbocycles. The van der Waals surface area contributed by atoms with Crippen LogP contribution < -0.4 is 0 Å². The van der Waals surface area contributed by atoms with E-state index in [0.717, 1.165) is 6.42 Å². The second-order valence-corrected chi connectivity index (χ2v) is 6.24. The van der Waals surface area contributed by atoms with Crippen molar-refractivity contribution in [1.82, 2.24) is 0 Å². The van der Waals surface area contributed by atoms with Crippen LogP contribution in [0.2, 0.25) is 0 Å². The molecule has 0 aromatic heterocycles. The van der Waals surface area contributed by atoms with E-state index in [9.17, 15) is 0 Å². The van der Waals surface area contributed by atoms with Crippen LogP contribution in [-0.4, -0.2) is 0 Å². The maximum atomic E-state index is 2.39. The third kappa shape index (κ3) is 1.75. The van der Waals surface area contributed by atoms with Crippen molar-refractivity contribution in [2.75, 3.05) is 0 Å². The van der Waals surface area contributed by atoms with Crippen molar-refractivity contribution in [1.29, 1.82) is 0 Å². The second-order valence-electron chi connectivity index (χ2n) is 6.24. The molecule has 0 nitrogen and oxygen atoms in total. The van der Waals surface area contributed by atoms with Gasteiger partial charge in [-0.15, -0.1) is 0 Å². The van der Waals surface area contributed by atoms with Crippen LogP contribution in [-0.2, 0) is 18.3 Å². The first-order valence-electron chi connectivity index (χ1n) is 7.17. The molecule has 0 amide bonds. The van der Waals surface area contributed by atoms with E-state index in [1.165, 1.54) is 35.6 Å². The quantitative estimate of drug-likeness (QED) is 0.654. The molecule has 0 radical (unpaired) electrons. The average Bonchev–Trinajstić information content (AvgIpc) is 2.37. The van der Waals surface area contributed by atoms with Crippen molar-refractivity contribution < 1.29 is 0 Å². The highest BCUT2D eigenvalue weighted by Crippen LogP contribution is 2.39. The monoisotopic (exact) mass is 238 g/mol. The van der Waals surface area contributed by atoms with Crippen LogP contribution in [0.3, 0.4) is 0 Å². The van der Waals surface area contributed by atoms with Crippen molar-refractivity contribution in [2.45, 2.75) is 51.9 Å². The smallest absolute Gasteiger partial charge is 0.0100 e. The van der Waals surface area contributed by atoms with Gasteiger partial charge in [-0.3, -0.25) is 0 Å². The highest BCUT2D eigenvalue weighted by molar-refractivity contribution is 5.88. The van der Waals surface area contributed by atoms with Gasteiger partial charge in [0.1, 0.15) is 0 Å². The summed E-state index contributed by atoms with van der Waals surface area (Å²) in [5.41, 5.74) is 4.97. The summed E-state index contributed by atoms with van der Waals surface area (Å²) >= 11 is 0. The van der Waals surface area contributed by atoms with E-state index in [-0.39, 0.29) is 0 Å². The lowest BCUT2D eigenvalue weighted by Crippen LogP contribution is -2.23. The zero-order valence-electron chi connectivity index (χ0n) is 11.7. The minimum Gasteiger partial charge on any atom is -0.0613 e. The predicted octanol–water partition coefficient (Wildman–Crippen LogP) is 5.02. The van der Waals surface area contributed by atoms with Crippen LogP contribution >= 0.6 is 0 Å². The standard InChI is InChI=1S/C18H22/c1-4-13-7-9-15-14(12-13)8-10-17-16(15)6-5-11-18(17,2)3/h7-10,12H,4-6,11H2,1-3H3. The largest absolute Gasteiger partial charge is 0.0613 e. The van der Waals surface area contributed by atoms with Gasteiger partial charge in [0.25, 0.3) is 0 Å². The lowest BCUT2D eigenvalue weighted by molar-refractivity contribution is 0.433. The maximum Gasteiger partial charge on any atom is -0.0100 e. The Labute approximate surface area is 110 Å². The summed E-state index contributed by atoms with van der Waals surface area (Å²) < 4.78 is 0. The molecule has 0 spiro atoms. The molecular formula is C18H22.